The third-order valence-corrected chi connectivity index (χ3v) is 2.72. The number of aliphatic hydroxyl groups excluding tert-OH is 1. The first-order valence-electron chi connectivity index (χ1n) is 6.39. The quantitative estimate of drug-likeness (QED) is 0.776. The second kappa shape index (κ2) is 8.50. The summed E-state index contributed by atoms with van der Waals surface area (Å²) >= 11 is 0. The van der Waals surface area contributed by atoms with Crippen molar-refractivity contribution in [3.8, 4) is 5.75 Å². The highest BCUT2D eigenvalue weighted by Crippen LogP contribution is 2.14. The van der Waals surface area contributed by atoms with Crippen LogP contribution in [0.25, 0.3) is 0 Å². The van der Waals surface area contributed by atoms with Crippen molar-refractivity contribution >= 4 is 5.91 Å². The Labute approximate surface area is 117 Å². The molecule has 0 aliphatic rings. The fourth-order valence-corrected chi connectivity index (χ4v) is 1.68. The molecule has 1 rings (SSSR count). The van der Waals surface area contributed by atoms with Crippen LogP contribution in [0, 0.1) is 5.82 Å². The van der Waals surface area contributed by atoms with Gasteiger partial charge in [0.2, 0.25) is 0 Å². The Hall–Kier alpha value is -1.66. The predicted molar refractivity (Wildman–Crippen MR) is 72.0 cm³/mol. The Kier molecular flexibility index (Phi) is 6.97. The SMILES string of the molecule is COCCN(CCO)C(=O)C(C)Oc1ccc(F)cc1. The minimum absolute atomic E-state index is 0.126. The van der Waals surface area contributed by atoms with E-state index in [9.17, 15) is 9.18 Å². The lowest BCUT2D eigenvalue weighted by molar-refractivity contribution is -0.139. The van der Waals surface area contributed by atoms with Crippen LogP contribution in [0.2, 0.25) is 0 Å². The van der Waals surface area contributed by atoms with E-state index >= 15 is 0 Å². The smallest absolute Gasteiger partial charge is 0.263 e. The van der Waals surface area contributed by atoms with Crippen molar-refractivity contribution in [2.45, 2.75) is 13.0 Å². The number of carbonyl (C=O) groups is 1. The van der Waals surface area contributed by atoms with Gasteiger partial charge in [-0.2, -0.15) is 0 Å². The molecule has 1 atom stereocenters. The third kappa shape index (κ3) is 5.14. The van der Waals surface area contributed by atoms with Crippen LogP contribution in [0.3, 0.4) is 0 Å². The first kappa shape index (κ1) is 16.4. The molecule has 0 radical (unpaired) electrons. The Morgan fingerprint density at radius 3 is 2.55 bits per heavy atom. The second-order valence-corrected chi connectivity index (χ2v) is 4.26. The number of methoxy groups -OCH3 is 1. The van der Waals surface area contributed by atoms with E-state index in [0.29, 0.717) is 18.9 Å². The van der Waals surface area contributed by atoms with E-state index in [-0.39, 0.29) is 24.9 Å². The van der Waals surface area contributed by atoms with Crippen LogP contribution >= 0.6 is 0 Å². The van der Waals surface area contributed by atoms with Gasteiger partial charge in [0, 0.05) is 20.2 Å². The maximum absolute atomic E-state index is 12.8. The summed E-state index contributed by atoms with van der Waals surface area (Å²) in [6.07, 6.45) is -0.719. The molecule has 1 unspecified atom stereocenters. The van der Waals surface area contributed by atoms with Gasteiger partial charge in [0.15, 0.2) is 6.10 Å². The molecule has 0 saturated heterocycles. The highest BCUT2D eigenvalue weighted by Gasteiger charge is 2.21. The van der Waals surface area contributed by atoms with Crippen LogP contribution in [0.1, 0.15) is 6.92 Å². The van der Waals surface area contributed by atoms with E-state index in [0.717, 1.165) is 0 Å². The van der Waals surface area contributed by atoms with Crippen LogP contribution in [0.15, 0.2) is 24.3 Å². The Morgan fingerprint density at radius 2 is 2.00 bits per heavy atom. The molecular formula is C14H20FNO4. The molecule has 0 bridgehead atoms. The lowest BCUT2D eigenvalue weighted by Gasteiger charge is -2.25. The van der Waals surface area contributed by atoms with Crippen molar-refractivity contribution in [3.05, 3.63) is 30.1 Å². The molecule has 0 aliphatic carbocycles. The van der Waals surface area contributed by atoms with Gasteiger partial charge in [-0.15, -0.1) is 0 Å². The summed E-state index contributed by atoms with van der Waals surface area (Å²) in [6.45, 7) is 2.48. The molecule has 0 heterocycles. The Bertz CT molecular complexity index is 410. The van der Waals surface area contributed by atoms with E-state index in [1.54, 1.807) is 14.0 Å². The van der Waals surface area contributed by atoms with Crippen molar-refractivity contribution in [3.63, 3.8) is 0 Å². The minimum Gasteiger partial charge on any atom is -0.481 e. The van der Waals surface area contributed by atoms with Gasteiger partial charge in [0.25, 0.3) is 5.91 Å². The number of ether oxygens (including phenoxy) is 2. The van der Waals surface area contributed by atoms with Crippen molar-refractivity contribution in [1.82, 2.24) is 4.90 Å². The normalized spacial score (nSPS) is 12.0. The summed E-state index contributed by atoms with van der Waals surface area (Å²) in [5.41, 5.74) is 0. The number of aliphatic hydroxyl groups is 1. The van der Waals surface area contributed by atoms with Crippen LogP contribution < -0.4 is 4.74 Å². The lowest BCUT2D eigenvalue weighted by Crippen LogP contribution is -2.43. The summed E-state index contributed by atoms with van der Waals surface area (Å²) in [5, 5.41) is 8.97. The Morgan fingerprint density at radius 1 is 1.35 bits per heavy atom. The monoisotopic (exact) mass is 285 g/mol. The molecule has 1 aromatic carbocycles. The van der Waals surface area contributed by atoms with E-state index in [2.05, 4.69) is 0 Å². The number of hydrogen-bond donors (Lipinski definition) is 1. The van der Waals surface area contributed by atoms with E-state index < -0.39 is 6.10 Å². The van der Waals surface area contributed by atoms with Crippen LogP contribution in [0.4, 0.5) is 4.39 Å². The average Bonchev–Trinajstić information content (AvgIpc) is 2.45. The number of amides is 1. The summed E-state index contributed by atoms with van der Waals surface area (Å²) in [5.74, 6) is -0.193. The minimum atomic E-state index is -0.719. The highest BCUT2D eigenvalue weighted by atomic mass is 19.1. The zero-order valence-electron chi connectivity index (χ0n) is 11.7. The van der Waals surface area contributed by atoms with E-state index in [4.69, 9.17) is 14.6 Å². The number of hydrogen-bond acceptors (Lipinski definition) is 4. The second-order valence-electron chi connectivity index (χ2n) is 4.26. The standard InChI is InChI=1S/C14H20FNO4/c1-11(20-13-5-3-12(15)4-6-13)14(18)16(7-9-17)8-10-19-2/h3-6,11,17H,7-10H2,1-2H3. The van der Waals surface area contributed by atoms with Gasteiger partial charge >= 0.3 is 0 Å². The van der Waals surface area contributed by atoms with Crippen molar-refractivity contribution in [2.75, 3.05) is 33.4 Å². The predicted octanol–water partition coefficient (Wildman–Crippen LogP) is 1.06. The Balaban J connectivity index is 2.60. The number of halogens is 1. The molecule has 0 aliphatic heterocycles. The molecule has 0 aromatic heterocycles. The van der Waals surface area contributed by atoms with Crippen molar-refractivity contribution in [1.29, 1.82) is 0 Å². The van der Waals surface area contributed by atoms with Gasteiger partial charge in [0.1, 0.15) is 11.6 Å². The summed E-state index contributed by atoms with van der Waals surface area (Å²) in [7, 11) is 1.54. The molecule has 1 aromatic rings. The fraction of sp³-hybridized carbons (Fsp3) is 0.500. The number of benzene rings is 1. The van der Waals surface area contributed by atoms with Gasteiger partial charge in [-0.05, 0) is 31.2 Å². The lowest BCUT2D eigenvalue weighted by atomic mass is 10.3. The molecule has 0 fully saturated rings. The van der Waals surface area contributed by atoms with Crippen LogP contribution in [-0.2, 0) is 9.53 Å². The fourth-order valence-electron chi connectivity index (χ4n) is 1.68. The molecular weight excluding hydrogens is 265 g/mol. The van der Waals surface area contributed by atoms with Gasteiger partial charge in [-0.25, -0.2) is 4.39 Å². The molecule has 1 amide bonds. The molecule has 20 heavy (non-hydrogen) atoms. The van der Waals surface area contributed by atoms with Gasteiger partial charge in [-0.1, -0.05) is 0 Å². The summed E-state index contributed by atoms with van der Waals surface area (Å²) < 4.78 is 23.2. The number of rotatable bonds is 8. The third-order valence-electron chi connectivity index (χ3n) is 2.72. The van der Waals surface area contributed by atoms with Crippen molar-refractivity contribution in [2.24, 2.45) is 0 Å². The molecule has 6 heteroatoms. The van der Waals surface area contributed by atoms with Crippen LogP contribution in [0.5, 0.6) is 5.75 Å². The first-order valence-corrected chi connectivity index (χ1v) is 6.39. The van der Waals surface area contributed by atoms with Gasteiger partial charge < -0.3 is 19.5 Å². The average molecular weight is 285 g/mol. The zero-order chi connectivity index (χ0) is 15.0. The zero-order valence-corrected chi connectivity index (χ0v) is 11.7. The van der Waals surface area contributed by atoms with Gasteiger partial charge in [-0.3, -0.25) is 4.79 Å². The summed E-state index contributed by atoms with van der Waals surface area (Å²) in [4.78, 5) is 13.6. The van der Waals surface area contributed by atoms with E-state index in [1.807, 2.05) is 0 Å². The molecule has 0 saturated carbocycles. The van der Waals surface area contributed by atoms with Crippen LogP contribution in [-0.4, -0.2) is 55.4 Å². The van der Waals surface area contributed by atoms with Crippen molar-refractivity contribution < 1.29 is 23.8 Å². The molecule has 5 nitrogen and oxygen atoms in total. The summed E-state index contributed by atoms with van der Waals surface area (Å²) in [6, 6.07) is 5.46. The first-order chi connectivity index (χ1) is 9.58. The number of nitrogens with zero attached hydrogens (tertiary/aromatic N) is 1. The molecule has 112 valence electrons. The number of carbonyl (C=O) groups excluding carboxylic acids is 1. The topological polar surface area (TPSA) is 59.0 Å². The maximum atomic E-state index is 12.8. The molecule has 0 spiro atoms. The molecule has 1 N–H and O–H groups in total. The largest absolute Gasteiger partial charge is 0.481 e. The van der Waals surface area contributed by atoms with Gasteiger partial charge in [0.05, 0.1) is 13.2 Å². The maximum Gasteiger partial charge on any atom is 0.263 e. The highest BCUT2D eigenvalue weighted by molar-refractivity contribution is 5.80. The van der Waals surface area contributed by atoms with E-state index in [1.165, 1.54) is 29.2 Å².